The number of para-hydroxylation sites is 1. The van der Waals surface area contributed by atoms with Crippen LogP contribution in [0.5, 0.6) is 5.75 Å². The number of nitrogens with one attached hydrogen (secondary N) is 1. The van der Waals surface area contributed by atoms with Crippen molar-refractivity contribution in [3.8, 4) is 5.75 Å². The molecule has 2 aliphatic rings. The van der Waals surface area contributed by atoms with Crippen LogP contribution < -0.4 is 19.9 Å². The Balaban J connectivity index is 0.00000196. The van der Waals surface area contributed by atoms with E-state index in [0.29, 0.717) is 17.0 Å². The first-order valence-corrected chi connectivity index (χ1v) is 8.49. The van der Waals surface area contributed by atoms with Crippen LogP contribution >= 0.6 is 12.4 Å². The van der Waals surface area contributed by atoms with E-state index in [2.05, 4.69) is 10.2 Å². The van der Waals surface area contributed by atoms with Crippen molar-refractivity contribution in [2.75, 3.05) is 42.6 Å². The number of amides is 1. The third-order valence-electron chi connectivity index (χ3n) is 4.65. The molecule has 0 spiro atoms. The number of carbonyl (C=O) groups excluding carboxylic acids is 1. The van der Waals surface area contributed by atoms with E-state index in [-0.39, 0.29) is 37.3 Å². The van der Waals surface area contributed by atoms with Crippen LogP contribution in [0, 0.1) is 5.82 Å². The highest BCUT2D eigenvalue weighted by molar-refractivity contribution is 5.99. The number of fused-ring (bicyclic) bond motifs is 1. The van der Waals surface area contributed by atoms with Gasteiger partial charge >= 0.3 is 0 Å². The van der Waals surface area contributed by atoms with E-state index in [1.54, 1.807) is 23.1 Å². The van der Waals surface area contributed by atoms with E-state index >= 15 is 0 Å². The summed E-state index contributed by atoms with van der Waals surface area (Å²) in [6.07, 6.45) is 0. The van der Waals surface area contributed by atoms with Gasteiger partial charge in [-0.3, -0.25) is 4.79 Å². The third kappa shape index (κ3) is 3.48. The summed E-state index contributed by atoms with van der Waals surface area (Å²) in [5.74, 6) is 0.246. The number of anilines is 2. The highest BCUT2D eigenvalue weighted by atomic mass is 35.5. The largest absolute Gasteiger partial charge is 0.479 e. The van der Waals surface area contributed by atoms with Crippen LogP contribution in [0.1, 0.15) is 5.56 Å². The van der Waals surface area contributed by atoms with Gasteiger partial charge in [-0.2, -0.15) is 0 Å². The number of ether oxygens (including phenoxy) is 1. The molecule has 0 bridgehead atoms. The summed E-state index contributed by atoms with van der Waals surface area (Å²) in [5.41, 5.74) is 2.19. The molecule has 1 N–H and O–H groups in total. The predicted octanol–water partition coefficient (Wildman–Crippen LogP) is 2.58. The summed E-state index contributed by atoms with van der Waals surface area (Å²) < 4.78 is 19.8. The van der Waals surface area contributed by atoms with Gasteiger partial charge in [0.1, 0.15) is 5.82 Å². The monoisotopic (exact) mass is 377 g/mol. The molecule has 138 valence electrons. The molecule has 5 nitrogen and oxygen atoms in total. The predicted molar refractivity (Wildman–Crippen MR) is 102 cm³/mol. The van der Waals surface area contributed by atoms with Gasteiger partial charge in [0.2, 0.25) is 0 Å². The quantitative estimate of drug-likeness (QED) is 0.893. The van der Waals surface area contributed by atoms with Gasteiger partial charge in [0.15, 0.2) is 12.4 Å². The Morgan fingerprint density at radius 1 is 1.04 bits per heavy atom. The average Bonchev–Trinajstić information content (AvgIpc) is 2.66. The van der Waals surface area contributed by atoms with Crippen LogP contribution in [0.2, 0.25) is 0 Å². The van der Waals surface area contributed by atoms with E-state index in [9.17, 15) is 9.18 Å². The lowest BCUT2D eigenvalue weighted by Crippen LogP contribution is -2.44. The van der Waals surface area contributed by atoms with Crippen LogP contribution in [0.4, 0.5) is 15.8 Å². The molecule has 1 amide bonds. The standard InChI is InChI=1S/C19H20FN3O2.ClH/c20-15-5-2-1-4-14(15)12-23-17-7-3-6-16(19(17)25-13-18(23)24)22-10-8-21-9-11-22;/h1-7,21H,8-13H2;1H. The van der Waals surface area contributed by atoms with Crippen molar-refractivity contribution in [3.05, 3.63) is 53.8 Å². The molecule has 2 aliphatic heterocycles. The zero-order valence-corrected chi connectivity index (χ0v) is 15.1. The first-order chi connectivity index (χ1) is 12.2. The zero-order chi connectivity index (χ0) is 17.2. The Labute approximate surface area is 158 Å². The maximum Gasteiger partial charge on any atom is 0.265 e. The maximum atomic E-state index is 14.0. The van der Waals surface area contributed by atoms with Crippen molar-refractivity contribution in [2.45, 2.75) is 6.54 Å². The smallest absolute Gasteiger partial charge is 0.265 e. The number of nitrogens with zero attached hydrogens (tertiary/aromatic N) is 2. The minimum Gasteiger partial charge on any atom is -0.479 e. The van der Waals surface area contributed by atoms with Crippen LogP contribution in [0.3, 0.4) is 0 Å². The Kier molecular flexibility index (Phi) is 5.64. The second kappa shape index (κ2) is 7.93. The molecule has 7 heteroatoms. The lowest BCUT2D eigenvalue weighted by atomic mass is 10.1. The van der Waals surface area contributed by atoms with E-state index < -0.39 is 0 Å². The summed E-state index contributed by atoms with van der Waals surface area (Å²) in [6, 6.07) is 12.3. The lowest BCUT2D eigenvalue weighted by molar-refractivity contribution is -0.121. The van der Waals surface area contributed by atoms with Gasteiger partial charge in [-0.15, -0.1) is 12.4 Å². The first kappa shape index (κ1) is 18.5. The Bertz CT molecular complexity index is 796. The summed E-state index contributed by atoms with van der Waals surface area (Å²) in [4.78, 5) is 16.3. The number of halogens is 2. The van der Waals surface area contributed by atoms with Crippen LogP contribution in [-0.4, -0.2) is 38.7 Å². The Morgan fingerprint density at radius 3 is 2.54 bits per heavy atom. The molecule has 0 unspecified atom stereocenters. The third-order valence-corrected chi connectivity index (χ3v) is 4.65. The fourth-order valence-corrected chi connectivity index (χ4v) is 3.34. The van der Waals surface area contributed by atoms with Crippen molar-refractivity contribution in [2.24, 2.45) is 0 Å². The number of hydrogen-bond acceptors (Lipinski definition) is 4. The molecule has 2 aromatic carbocycles. The van der Waals surface area contributed by atoms with Gasteiger partial charge in [0, 0.05) is 31.7 Å². The van der Waals surface area contributed by atoms with E-state index in [1.807, 2.05) is 18.2 Å². The van der Waals surface area contributed by atoms with Crippen LogP contribution in [0.15, 0.2) is 42.5 Å². The number of piperazine rings is 1. The normalized spacial score (nSPS) is 16.6. The first-order valence-electron chi connectivity index (χ1n) is 8.49. The number of carbonyl (C=O) groups is 1. The highest BCUT2D eigenvalue weighted by Crippen LogP contribution is 2.41. The maximum absolute atomic E-state index is 14.0. The number of hydrogen-bond donors (Lipinski definition) is 1. The molecule has 1 fully saturated rings. The van der Waals surface area contributed by atoms with E-state index in [4.69, 9.17) is 4.74 Å². The van der Waals surface area contributed by atoms with Crippen molar-refractivity contribution in [3.63, 3.8) is 0 Å². The molecule has 2 heterocycles. The van der Waals surface area contributed by atoms with Crippen molar-refractivity contribution >= 4 is 29.7 Å². The molecule has 1 saturated heterocycles. The second-order valence-electron chi connectivity index (χ2n) is 6.22. The Hall–Kier alpha value is -2.31. The molecule has 0 atom stereocenters. The van der Waals surface area contributed by atoms with Gasteiger partial charge in [0.05, 0.1) is 17.9 Å². The number of benzene rings is 2. The molecule has 0 saturated carbocycles. The van der Waals surface area contributed by atoms with Crippen molar-refractivity contribution in [1.82, 2.24) is 5.32 Å². The minimum absolute atomic E-state index is 0. The summed E-state index contributed by atoms with van der Waals surface area (Å²) in [5, 5.41) is 3.33. The van der Waals surface area contributed by atoms with Crippen molar-refractivity contribution < 1.29 is 13.9 Å². The minimum atomic E-state index is -0.304. The summed E-state index contributed by atoms with van der Waals surface area (Å²) >= 11 is 0. The van der Waals surface area contributed by atoms with E-state index in [0.717, 1.165) is 31.9 Å². The van der Waals surface area contributed by atoms with E-state index in [1.165, 1.54) is 6.07 Å². The molecular weight excluding hydrogens is 357 g/mol. The summed E-state index contributed by atoms with van der Waals surface area (Å²) in [6.45, 7) is 3.79. The van der Waals surface area contributed by atoms with Gasteiger partial charge in [-0.1, -0.05) is 24.3 Å². The molecule has 2 aromatic rings. The molecule has 4 rings (SSSR count). The molecule has 0 radical (unpaired) electrons. The SMILES string of the molecule is Cl.O=C1COc2c(N3CCNCC3)cccc2N1Cc1ccccc1F. The molecule has 26 heavy (non-hydrogen) atoms. The zero-order valence-electron chi connectivity index (χ0n) is 14.3. The van der Waals surface area contributed by atoms with Crippen LogP contribution in [0.25, 0.3) is 0 Å². The van der Waals surface area contributed by atoms with Gasteiger partial charge in [0.25, 0.3) is 5.91 Å². The number of rotatable bonds is 3. The molecular formula is C19H21ClFN3O2. The van der Waals surface area contributed by atoms with Crippen LogP contribution in [-0.2, 0) is 11.3 Å². The molecule has 0 aromatic heterocycles. The summed E-state index contributed by atoms with van der Waals surface area (Å²) in [7, 11) is 0. The average molecular weight is 378 g/mol. The second-order valence-corrected chi connectivity index (χ2v) is 6.22. The fraction of sp³-hybridized carbons (Fsp3) is 0.316. The van der Waals surface area contributed by atoms with Crippen molar-refractivity contribution in [1.29, 1.82) is 0 Å². The highest BCUT2D eigenvalue weighted by Gasteiger charge is 2.29. The molecule has 0 aliphatic carbocycles. The lowest BCUT2D eigenvalue weighted by Gasteiger charge is -2.35. The fourth-order valence-electron chi connectivity index (χ4n) is 3.34. The Morgan fingerprint density at radius 2 is 1.77 bits per heavy atom. The van der Waals surface area contributed by atoms with Gasteiger partial charge < -0.3 is 19.9 Å². The van der Waals surface area contributed by atoms with Gasteiger partial charge in [-0.05, 0) is 18.2 Å². The van der Waals surface area contributed by atoms with Gasteiger partial charge in [-0.25, -0.2) is 4.39 Å². The topological polar surface area (TPSA) is 44.8 Å².